The van der Waals surface area contributed by atoms with E-state index in [4.69, 9.17) is 4.42 Å². The van der Waals surface area contributed by atoms with Crippen LogP contribution in [0.4, 0.5) is 0 Å². The van der Waals surface area contributed by atoms with Crippen molar-refractivity contribution in [3.05, 3.63) is 150 Å². The first-order valence-electron chi connectivity index (χ1n) is 16.1. The molecule has 0 radical (unpaired) electrons. The number of fused-ring (bicyclic) bond motifs is 10. The molecule has 0 bridgehead atoms. The van der Waals surface area contributed by atoms with Crippen molar-refractivity contribution >= 4 is 60.7 Å². The molecule has 10 rings (SSSR count). The van der Waals surface area contributed by atoms with Crippen molar-refractivity contribution in [2.45, 2.75) is 12.8 Å². The number of allylic oxidation sites excluding steroid dienone is 1. The van der Waals surface area contributed by atoms with Gasteiger partial charge in [-0.05, 0) is 84.6 Å². The highest BCUT2D eigenvalue weighted by Gasteiger charge is 2.24. The lowest BCUT2D eigenvalue weighted by Crippen LogP contribution is -2.03. The molecule has 0 N–H and O–H groups in total. The molecule has 0 saturated carbocycles. The van der Waals surface area contributed by atoms with Gasteiger partial charge in [0.05, 0.1) is 33.9 Å². The molecule has 3 heterocycles. The van der Waals surface area contributed by atoms with Crippen LogP contribution in [0.25, 0.3) is 83.2 Å². The summed E-state index contributed by atoms with van der Waals surface area (Å²) in [6, 6.07) is 47.0. The van der Waals surface area contributed by atoms with Crippen molar-refractivity contribution in [2.24, 2.45) is 0 Å². The van der Waals surface area contributed by atoms with Crippen LogP contribution in [0.2, 0.25) is 0 Å². The maximum Gasteiger partial charge on any atom is 0.160 e. The molecular weight excluding hydrogens is 574 g/mol. The molecule has 0 fully saturated rings. The molecule has 4 nitrogen and oxygen atoms in total. The lowest BCUT2D eigenvalue weighted by molar-refractivity contribution is 0.671. The van der Waals surface area contributed by atoms with Gasteiger partial charge in [-0.2, -0.15) is 5.26 Å². The van der Waals surface area contributed by atoms with Gasteiger partial charge in [-0.15, -0.1) is 0 Å². The number of benzene rings is 6. The molecule has 0 saturated heterocycles. The first-order chi connectivity index (χ1) is 23.3. The zero-order chi connectivity index (χ0) is 31.1. The Balaban J connectivity index is 1.30. The zero-order valence-corrected chi connectivity index (χ0v) is 25.4. The van der Waals surface area contributed by atoms with Crippen LogP contribution in [0, 0.1) is 11.3 Å². The van der Waals surface area contributed by atoms with Crippen LogP contribution in [-0.2, 0) is 6.42 Å². The minimum atomic E-state index is 0.652. The van der Waals surface area contributed by atoms with E-state index in [0.717, 1.165) is 84.6 Å². The van der Waals surface area contributed by atoms with Gasteiger partial charge < -0.3 is 13.6 Å². The Morgan fingerprint density at radius 1 is 0.638 bits per heavy atom. The Labute approximate surface area is 270 Å². The van der Waals surface area contributed by atoms with Crippen molar-refractivity contribution in [3.63, 3.8) is 0 Å². The summed E-state index contributed by atoms with van der Waals surface area (Å²) in [7, 11) is 0. The maximum absolute atomic E-state index is 10.5. The fourth-order valence-corrected chi connectivity index (χ4v) is 7.85. The Hall–Kier alpha value is -6.31. The second kappa shape index (κ2) is 9.84. The van der Waals surface area contributed by atoms with Gasteiger partial charge in [0.1, 0.15) is 5.58 Å². The van der Waals surface area contributed by atoms with E-state index < -0.39 is 0 Å². The zero-order valence-electron chi connectivity index (χ0n) is 25.4. The molecule has 47 heavy (non-hydrogen) atoms. The van der Waals surface area contributed by atoms with Crippen LogP contribution in [0.15, 0.2) is 138 Å². The summed E-state index contributed by atoms with van der Waals surface area (Å²) in [4.78, 5) is 0. The van der Waals surface area contributed by atoms with Crippen molar-refractivity contribution in [1.29, 1.82) is 5.26 Å². The molecular formula is C43H27N3O. The molecule has 6 aromatic carbocycles. The largest absolute Gasteiger partial charge is 0.454 e. The number of hydrogen-bond donors (Lipinski definition) is 0. The lowest BCUT2D eigenvalue weighted by Gasteiger charge is -2.17. The molecule has 4 heteroatoms. The predicted octanol–water partition coefficient (Wildman–Crippen LogP) is 11.1. The van der Waals surface area contributed by atoms with E-state index in [1.807, 2.05) is 30.3 Å². The second-order valence-electron chi connectivity index (χ2n) is 12.3. The first-order valence-corrected chi connectivity index (χ1v) is 16.1. The SMILES string of the molecule is N#Cc1cccc(-n2c3c(c4ccccc42)CCC=C3)c1-c1ccc2c(c1)c1ccc3c4ccccc4oc3c1n2-c1ccccc1. The van der Waals surface area contributed by atoms with E-state index in [-0.39, 0.29) is 0 Å². The molecule has 220 valence electrons. The highest BCUT2D eigenvalue weighted by molar-refractivity contribution is 6.22. The number of furan rings is 1. The van der Waals surface area contributed by atoms with Gasteiger partial charge in [0.15, 0.2) is 5.58 Å². The third-order valence-electron chi connectivity index (χ3n) is 9.84. The summed E-state index contributed by atoms with van der Waals surface area (Å²) in [5.74, 6) is 0. The Kier molecular flexibility index (Phi) is 5.44. The summed E-state index contributed by atoms with van der Waals surface area (Å²) in [6.07, 6.45) is 6.55. The van der Waals surface area contributed by atoms with E-state index >= 15 is 0 Å². The van der Waals surface area contributed by atoms with Crippen LogP contribution in [0.1, 0.15) is 23.2 Å². The normalized spacial score (nSPS) is 12.8. The van der Waals surface area contributed by atoms with E-state index in [0.29, 0.717) is 5.56 Å². The minimum absolute atomic E-state index is 0.652. The Bertz CT molecular complexity index is 2800. The van der Waals surface area contributed by atoms with Gasteiger partial charge in [-0.1, -0.05) is 78.9 Å². The standard InChI is InChI=1S/C43H27N3O/c44-26-28-11-10-19-39(46-36-17-7-4-14-30(36)31-15-5-8-18-37(31)46)41(28)27-21-24-38-35(25-27)33-22-23-34-32-16-6-9-20-40(32)47-43(34)42(33)45(38)29-12-2-1-3-13-29/h1-4,6-14,16-25H,5,15H2. The van der Waals surface area contributed by atoms with Crippen LogP contribution in [0.3, 0.4) is 0 Å². The van der Waals surface area contributed by atoms with Gasteiger partial charge in [0.25, 0.3) is 0 Å². The quantitative estimate of drug-likeness (QED) is 0.202. The van der Waals surface area contributed by atoms with E-state index in [2.05, 4.69) is 124 Å². The number of nitriles is 1. The highest BCUT2D eigenvalue weighted by atomic mass is 16.3. The van der Waals surface area contributed by atoms with E-state index in [1.54, 1.807) is 0 Å². The fourth-order valence-electron chi connectivity index (χ4n) is 7.85. The average molecular weight is 602 g/mol. The molecule has 1 aliphatic carbocycles. The summed E-state index contributed by atoms with van der Waals surface area (Å²) < 4.78 is 11.3. The van der Waals surface area contributed by atoms with Crippen LogP contribution >= 0.6 is 0 Å². The molecule has 3 aromatic heterocycles. The first kappa shape index (κ1) is 26.0. The van der Waals surface area contributed by atoms with Crippen molar-refractivity contribution in [1.82, 2.24) is 9.13 Å². The van der Waals surface area contributed by atoms with Gasteiger partial charge in [0.2, 0.25) is 0 Å². The fraction of sp³-hybridized carbons (Fsp3) is 0.0465. The van der Waals surface area contributed by atoms with Gasteiger partial charge >= 0.3 is 0 Å². The predicted molar refractivity (Wildman–Crippen MR) is 192 cm³/mol. The minimum Gasteiger partial charge on any atom is -0.454 e. The van der Waals surface area contributed by atoms with Crippen LogP contribution < -0.4 is 0 Å². The topological polar surface area (TPSA) is 46.8 Å². The molecule has 0 atom stereocenters. The van der Waals surface area contributed by atoms with Gasteiger partial charge in [0, 0.05) is 43.9 Å². The number of aryl methyl sites for hydroxylation is 1. The highest BCUT2D eigenvalue weighted by Crippen LogP contribution is 2.43. The third-order valence-corrected chi connectivity index (χ3v) is 9.84. The summed E-state index contributed by atoms with van der Waals surface area (Å²) >= 11 is 0. The van der Waals surface area contributed by atoms with Crippen molar-refractivity contribution in [2.75, 3.05) is 0 Å². The Morgan fingerprint density at radius 2 is 1.43 bits per heavy atom. The maximum atomic E-state index is 10.5. The number of nitrogens with zero attached hydrogens (tertiary/aromatic N) is 3. The number of para-hydroxylation sites is 3. The van der Waals surface area contributed by atoms with E-state index in [1.165, 1.54) is 16.6 Å². The monoisotopic (exact) mass is 601 g/mol. The molecule has 0 aliphatic heterocycles. The summed E-state index contributed by atoms with van der Waals surface area (Å²) in [5, 5.41) is 16.2. The molecule has 0 spiro atoms. The summed E-state index contributed by atoms with van der Waals surface area (Å²) in [6.45, 7) is 0. The average Bonchev–Trinajstić information content (AvgIpc) is 3.79. The van der Waals surface area contributed by atoms with Gasteiger partial charge in [-0.3, -0.25) is 0 Å². The third kappa shape index (κ3) is 3.63. The number of aromatic nitrogens is 2. The number of rotatable bonds is 3. The van der Waals surface area contributed by atoms with Gasteiger partial charge in [-0.25, -0.2) is 0 Å². The summed E-state index contributed by atoms with van der Waals surface area (Å²) in [5.41, 5.74) is 12.3. The van der Waals surface area contributed by atoms with Crippen molar-refractivity contribution < 1.29 is 4.42 Å². The van der Waals surface area contributed by atoms with E-state index in [9.17, 15) is 5.26 Å². The van der Waals surface area contributed by atoms with Crippen LogP contribution in [-0.4, -0.2) is 9.13 Å². The smallest absolute Gasteiger partial charge is 0.160 e. The van der Waals surface area contributed by atoms with Crippen LogP contribution in [0.5, 0.6) is 0 Å². The van der Waals surface area contributed by atoms with Crippen molar-refractivity contribution in [3.8, 4) is 28.6 Å². The molecule has 1 aliphatic rings. The lowest BCUT2D eigenvalue weighted by atomic mass is 9.96. The Morgan fingerprint density at radius 3 is 2.32 bits per heavy atom. The molecule has 0 amide bonds. The second-order valence-corrected chi connectivity index (χ2v) is 12.3. The number of hydrogen-bond acceptors (Lipinski definition) is 2. The molecule has 0 unspecified atom stereocenters. The molecule has 9 aromatic rings.